The number of amides is 1. The number of nitrogens with zero attached hydrogens (tertiary/aromatic N) is 3. The van der Waals surface area contributed by atoms with Gasteiger partial charge in [-0.05, 0) is 35.9 Å². The topological polar surface area (TPSA) is 82.1 Å². The number of amidine groups is 1. The van der Waals surface area contributed by atoms with Crippen molar-refractivity contribution in [3.05, 3.63) is 52.2 Å². The van der Waals surface area contributed by atoms with E-state index in [-0.39, 0.29) is 22.6 Å². The second-order valence-corrected chi connectivity index (χ2v) is 11.1. The van der Waals surface area contributed by atoms with Gasteiger partial charge < -0.3 is 4.90 Å². The lowest BCUT2D eigenvalue weighted by Gasteiger charge is -2.36. The Bertz CT molecular complexity index is 1070. The highest BCUT2D eigenvalue weighted by atomic mass is 32.2. The number of fused-ring (bicyclic) bond motifs is 1. The van der Waals surface area contributed by atoms with Crippen LogP contribution in [0.2, 0.25) is 0 Å². The average molecular weight is 475 g/mol. The quantitative estimate of drug-likeness (QED) is 0.669. The number of rotatable bonds is 7. The van der Waals surface area contributed by atoms with Crippen LogP contribution >= 0.6 is 11.3 Å². The highest BCUT2D eigenvalue weighted by molar-refractivity contribution is 7.90. The Morgan fingerprint density at radius 3 is 2.59 bits per heavy atom. The molecule has 32 heavy (non-hydrogen) atoms. The molecule has 1 aromatic heterocycles. The van der Waals surface area contributed by atoms with Crippen molar-refractivity contribution in [1.82, 2.24) is 14.5 Å². The number of carbonyl (C=O) groups excluding carboxylic acids is 1. The normalized spacial score (nSPS) is 21.2. The van der Waals surface area contributed by atoms with Crippen LogP contribution in [-0.4, -0.2) is 68.7 Å². The zero-order chi connectivity index (χ0) is 22.7. The van der Waals surface area contributed by atoms with Crippen LogP contribution in [0.3, 0.4) is 0 Å². The van der Waals surface area contributed by atoms with Crippen molar-refractivity contribution in [3.63, 3.8) is 0 Å². The second-order valence-electron chi connectivity index (χ2n) is 8.41. The number of benzene rings is 1. The summed E-state index contributed by atoms with van der Waals surface area (Å²) in [5.41, 5.74) is 0.534. The fourth-order valence-corrected chi connectivity index (χ4v) is 6.06. The molecule has 0 spiro atoms. The smallest absolute Gasteiger partial charge is 0.263 e. The van der Waals surface area contributed by atoms with E-state index in [0.717, 1.165) is 32.5 Å². The zero-order valence-corrected chi connectivity index (χ0v) is 20.2. The van der Waals surface area contributed by atoms with Gasteiger partial charge in [0.15, 0.2) is 0 Å². The summed E-state index contributed by atoms with van der Waals surface area (Å²) in [6.07, 6.45) is 1.82. The molecule has 7 nitrogen and oxygen atoms in total. The molecule has 0 aliphatic carbocycles. The summed E-state index contributed by atoms with van der Waals surface area (Å²) in [7, 11) is -3.63. The lowest BCUT2D eigenvalue weighted by Crippen LogP contribution is -2.52. The van der Waals surface area contributed by atoms with E-state index < -0.39 is 16.1 Å². The van der Waals surface area contributed by atoms with E-state index in [0.29, 0.717) is 18.7 Å². The first-order valence-corrected chi connectivity index (χ1v) is 13.5. The fourth-order valence-electron chi connectivity index (χ4n) is 4.12. The number of hydrogen-bond acceptors (Lipinski definition) is 6. The molecule has 0 saturated carbocycles. The zero-order valence-electron chi connectivity index (χ0n) is 18.5. The third-order valence-corrected chi connectivity index (χ3v) is 8.64. The van der Waals surface area contributed by atoms with Gasteiger partial charge in [-0.1, -0.05) is 38.5 Å². The molecular weight excluding hydrogens is 444 g/mol. The highest BCUT2D eigenvalue weighted by Gasteiger charge is 2.35. The van der Waals surface area contributed by atoms with Crippen molar-refractivity contribution in [2.24, 2.45) is 10.9 Å². The summed E-state index contributed by atoms with van der Waals surface area (Å²) in [4.78, 5) is 24.0. The van der Waals surface area contributed by atoms with E-state index >= 15 is 0 Å². The first-order valence-electron chi connectivity index (χ1n) is 11.1. The number of sulfonamides is 1. The molecule has 172 valence electrons. The van der Waals surface area contributed by atoms with Crippen LogP contribution in [-0.2, 0) is 21.2 Å². The van der Waals surface area contributed by atoms with Gasteiger partial charge in [-0.25, -0.2) is 8.42 Å². The average Bonchev–Trinajstić information content (AvgIpc) is 3.42. The van der Waals surface area contributed by atoms with Crippen LogP contribution in [0.1, 0.15) is 30.7 Å². The molecule has 2 atom stereocenters. The maximum atomic E-state index is 13.4. The van der Waals surface area contributed by atoms with Gasteiger partial charge in [-0.2, -0.15) is 0 Å². The molecule has 1 amide bonds. The molecule has 9 heteroatoms. The minimum Gasteiger partial charge on any atom is -0.338 e. The third-order valence-electron chi connectivity index (χ3n) is 6.31. The Balaban J connectivity index is 1.45. The molecule has 2 aliphatic rings. The first-order chi connectivity index (χ1) is 15.4. The van der Waals surface area contributed by atoms with Crippen LogP contribution in [0.4, 0.5) is 0 Å². The van der Waals surface area contributed by atoms with Crippen LogP contribution in [0.25, 0.3) is 0 Å². The summed E-state index contributed by atoms with van der Waals surface area (Å²) < 4.78 is 27.4. The number of carbonyl (C=O) groups is 1. The van der Waals surface area contributed by atoms with Gasteiger partial charge >= 0.3 is 0 Å². The number of hydrogen-bond donors (Lipinski definition) is 1. The summed E-state index contributed by atoms with van der Waals surface area (Å²) in [6, 6.07) is 10.4. The summed E-state index contributed by atoms with van der Waals surface area (Å²) in [5, 5.41) is 2.10. The largest absolute Gasteiger partial charge is 0.338 e. The van der Waals surface area contributed by atoms with Gasteiger partial charge in [0, 0.05) is 43.2 Å². The Kier molecular flexibility index (Phi) is 6.97. The lowest BCUT2D eigenvalue weighted by atomic mass is 9.97. The second kappa shape index (κ2) is 9.72. The maximum Gasteiger partial charge on any atom is 0.263 e. The maximum absolute atomic E-state index is 13.4. The third kappa shape index (κ3) is 4.89. The molecule has 3 heterocycles. The Morgan fingerprint density at radius 1 is 1.16 bits per heavy atom. The van der Waals surface area contributed by atoms with Crippen LogP contribution in [0.15, 0.2) is 51.7 Å². The van der Waals surface area contributed by atoms with Gasteiger partial charge in [-0.15, -0.1) is 11.3 Å². The molecule has 2 aromatic rings. The van der Waals surface area contributed by atoms with Crippen molar-refractivity contribution < 1.29 is 13.2 Å². The number of piperazine rings is 1. The van der Waals surface area contributed by atoms with Gasteiger partial charge in [0.1, 0.15) is 11.9 Å². The molecule has 1 fully saturated rings. The van der Waals surface area contributed by atoms with Gasteiger partial charge in [-0.3, -0.25) is 19.4 Å². The van der Waals surface area contributed by atoms with E-state index in [4.69, 9.17) is 0 Å². The monoisotopic (exact) mass is 474 g/mol. The van der Waals surface area contributed by atoms with Crippen molar-refractivity contribution >= 4 is 33.1 Å². The van der Waals surface area contributed by atoms with E-state index in [1.165, 1.54) is 4.88 Å². The molecule has 0 unspecified atom stereocenters. The molecule has 0 bridgehead atoms. The number of aliphatic imine (C=N–C) groups is 1. The summed E-state index contributed by atoms with van der Waals surface area (Å²) >= 11 is 1.78. The van der Waals surface area contributed by atoms with Crippen LogP contribution in [0, 0.1) is 5.92 Å². The number of thiophene rings is 1. The molecule has 0 radical (unpaired) electrons. The van der Waals surface area contributed by atoms with Gasteiger partial charge in [0.2, 0.25) is 5.91 Å². The molecule has 2 aliphatic heterocycles. The Hall–Kier alpha value is -2.23. The minimum atomic E-state index is -3.63. The van der Waals surface area contributed by atoms with Crippen molar-refractivity contribution in [2.45, 2.75) is 37.6 Å². The van der Waals surface area contributed by atoms with E-state index in [9.17, 15) is 13.2 Å². The van der Waals surface area contributed by atoms with Crippen molar-refractivity contribution in [3.8, 4) is 0 Å². The molecular formula is C23H30N4O3S2. The summed E-state index contributed by atoms with van der Waals surface area (Å²) in [5.74, 6) is 0.256. The highest BCUT2D eigenvalue weighted by Crippen LogP contribution is 2.25. The Labute approximate surface area is 194 Å². The summed E-state index contributed by atoms with van der Waals surface area (Å²) in [6.45, 7) is 8.05. The van der Waals surface area contributed by atoms with Crippen LogP contribution in [0.5, 0.6) is 0 Å². The predicted octanol–water partition coefficient (Wildman–Crippen LogP) is 2.59. The molecule has 1 N–H and O–H groups in total. The van der Waals surface area contributed by atoms with E-state index in [1.54, 1.807) is 35.6 Å². The minimum absolute atomic E-state index is 0.00382. The lowest BCUT2D eigenvalue weighted by molar-refractivity contribution is -0.135. The van der Waals surface area contributed by atoms with Gasteiger partial charge in [0.25, 0.3) is 10.0 Å². The SMILES string of the molecule is CC[C@H](C)[C@H](N=C1NS(=O)(=O)c2ccccc21)C(=O)N1CCN(CCc2cccs2)CC1. The van der Waals surface area contributed by atoms with Gasteiger partial charge in [0.05, 0.1) is 4.90 Å². The molecule has 1 saturated heterocycles. The molecule has 4 rings (SSSR count). The molecule has 1 aromatic carbocycles. The van der Waals surface area contributed by atoms with E-state index in [1.807, 2.05) is 18.7 Å². The Morgan fingerprint density at radius 2 is 1.91 bits per heavy atom. The van der Waals surface area contributed by atoms with E-state index in [2.05, 4.69) is 32.1 Å². The van der Waals surface area contributed by atoms with Crippen LogP contribution < -0.4 is 4.72 Å². The van der Waals surface area contributed by atoms with Crippen molar-refractivity contribution in [1.29, 1.82) is 0 Å². The van der Waals surface area contributed by atoms with Crippen molar-refractivity contribution in [2.75, 3.05) is 32.7 Å². The predicted molar refractivity (Wildman–Crippen MR) is 128 cm³/mol. The fraction of sp³-hybridized carbons (Fsp3) is 0.478. The number of nitrogens with one attached hydrogen (secondary N) is 1. The standard InChI is InChI=1S/C23H30N4O3S2/c1-3-17(2)21(24-22-19-8-4-5-9-20(19)32(29,30)25-22)23(28)27-14-12-26(13-15-27)11-10-18-7-6-16-31-18/h4-9,16-17,21H,3,10-15H2,1-2H3,(H,24,25)/t17-,21-/m0/s1. The first kappa shape index (κ1) is 22.9.